The number of aliphatic hydroxyl groups excluding tert-OH is 2. The first-order valence-corrected chi connectivity index (χ1v) is 14.6. The van der Waals surface area contributed by atoms with Gasteiger partial charge in [-0.25, -0.2) is 0 Å². The Labute approximate surface area is 206 Å². The van der Waals surface area contributed by atoms with E-state index >= 15 is 0 Å². The van der Waals surface area contributed by atoms with Crippen molar-refractivity contribution in [3.63, 3.8) is 0 Å². The van der Waals surface area contributed by atoms with Gasteiger partial charge in [0.05, 0.1) is 12.2 Å². The molecule has 2 unspecified atom stereocenters. The summed E-state index contributed by atoms with van der Waals surface area (Å²) in [6.45, 7) is 6.26. The van der Waals surface area contributed by atoms with Crippen molar-refractivity contribution < 1.29 is 15.0 Å². The van der Waals surface area contributed by atoms with E-state index in [1.165, 1.54) is 116 Å². The van der Waals surface area contributed by atoms with Crippen LogP contribution in [0.25, 0.3) is 0 Å². The minimum Gasteiger partial charge on any atom is -0.392 e. The maximum atomic E-state index is 12.3. The van der Waals surface area contributed by atoms with Crippen LogP contribution in [0.4, 0.5) is 0 Å². The van der Waals surface area contributed by atoms with Gasteiger partial charge in [0.1, 0.15) is 0 Å². The van der Waals surface area contributed by atoms with Crippen LogP contribution in [-0.4, -0.2) is 46.3 Å². The van der Waals surface area contributed by atoms with Gasteiger partial charge in [0, 0.05) is 19.5 Å². The molecule has 0 radical (unpaired) electrons. The Morgan fingerprint density at radius 3 is 1.09 bits per heavy atom. The van der Waals surface area contributed by atoms with Crippen molar-refractivity contribution in [1.29, 1.82) is 0 Å². The number of unbranched alkanes of at least 4 members (excludes halogenated alkanes) is 19. The molecule has 1 amide bonds. The van der Waals surface area contributed by atoms with Gasteiger partial charge in [0.25, 0.3) is 0 Å². The van der Waals surface area contributed by atoms with Crippen molar-refractivity contribution in [3.8, 4) is 0 Å². The molecule has 198 valence electrons. The first-order valence-electron chi connectivity index (χ1n) is 14.6. The van der Waals surface area contributed by atoms with E-state index in [0.717, 1.165) is 12.8 Å². The number of rotatable bonds is 25. The van der Waals surface area contributed by atoms with Crippen LogP contribution >= 0.6 is 0 Å². The Kier molecular flexibility index (Phi) is 24.1. The van der Waals surface area contributed by atoms with E-state index in [1.807, 2.05) is 0 Å². The molecule has 0 aliphatic carbocycles. The van der Waals surface area contributed by atoms with Gasteiger partial charge in [0.15, 0.2) is 0 Å². The number of carbonyl (C=O) groups excluding carboxylic acids is 1. The maximum absolute atomic E-state index is 12.3. The first kappa shape index (κ1) is 32.4. The van der Waals surface area contributed by atoms with Crippen LogP contribution in [0.15, 0.2) is 0 Å². The van der Waals surface area contributed by atoms with Gasteiger partial charge in [-0.15, -0.1) is 0 Å². The molecule has 2 atom stereocenters. The second kappa shape index (κ2) is 24.5. The molecule has 0 rings (SSSR count). The predicted molar refractivity (Wildman–Crippen MR) is 143 cm³/mol. The SMILES string of the molecule is CCCCCCCCCCCCCCCCCCCCCCC(=O)N(CC(C)O)CC(C)O. The third kappa shape index (κ3) is 24.3. The van der Waals surface area contributed by atoms with Gasteiger partial charge in [-0.2, -0.15) is 0 Å². The molecule has 0 spiro atoms. The van der Waals surface area contributed by atoms with Gasteiger partial charge in [-0.05, 0) is 20.3 Å². The monoisotopic (exact) mass is 469 g/mol. The average molecular weight is 470 g/mol. The fourth-order valence-corrected chi connectivity index (χ4v) is 4.61. The molecule has 4 heteroatoms. The van der Waals surface area contributed by atoms with E-state index in [2.05, 4.69) is 6.92 Å². The number of aliphatic hydroxyl groups is 2. The third-order valence-electron chi connectivity index (χ3n) is 6.57. The lowest BCUT2D eigenvalue weighted by Gasteiger charge is -2.25. The normalized spacial score (nSPS) is 13.2. The molecule has 2 N–H and O–H groups in total. The van der Waals surface area contributed by atoms with Gasteiger partial charge >= 0.3 is 0 Å². The molecule has 0 saturated heterocycles. The quantitative estimate of drug-likeness (QED) is 0.134. The number of hydrogen-bond acceptors (Lipinski definition) is 3. The van der Waals surface area contributed by atoms with Crippen molar-refractivity contribution in [3.05, 3.63) is 0 Å². The summed E-state index contributed by atoms with van der Waals surface area (Å²) >= 11 is 0. The molecule has 33 heavy (non-hydrogen) atoms. The van der Waals surface area contributed by atoms with Crippen LogP contribution in [-0.2, 0) is 4.79 Å². The van der Waals surface area contributed by atoms with E-state index in [0.29, 0.717) is 19.5 Å². The standard InChI is InChI=1S/C29H59NO3/c1-4-5-6-7-8-9-10-11-12-13-14-15-16-17-18-19-20-21-22-23-24-29(33)30(25-27(2)31)26-28(3)32/h27-28,31-32H,4-26H2,1-3H3. The predicted octanol–water partition coefficient (Wildman–Crippen LogP) is 7.79. The first-order chi connectivity index (χ1) is 16.0. The molecule has 0 aliphatic heterocycles. The Hall–Kier alpha value is -0.610. The van der Waals surface area contributed by atoms with Crippen LogP contribution in [0.1, 0.15) is 156 Å². The smallest absolute Gasteiger partial charge is 0.222 e. The number of amides is 1. The van der Waals surface area contributed by atoms with Crippen molar-refractivity contribution >= 4 is 5.91 Å². The zero-order valence-corrected chi connectivity index (χ0v) is 22.7. The molecule has 0 aliphatic rings. The topological polar surface area (TPSA) is 60.8 Å². The summed E-state index contributed by atoms with van der Waals surface area (Å²) in [5, 5.41) is 19.1. The number of hydrogen-bond donors (Lipinski definition) is 2. The van der Waals surface area contributed by atoms with Crippen molar-refractivity contribution in [2.24, 2.45) is 0 Å². The van der Waals surface area contributed by atoms with E-state index in [9.17, 15) is 15.0 Å². The molecule has 0 saturated carbocycles. The van der Waals surface area contributed by atoms with Crippen molar-refractivity contribution in [1.82, 2.24) is 4.90 Å². The lowest BCUT2D eigenvalue weighted by molar-refractivity contribution is -0.134. The highest BCUT2D eigenvalue weighted by atomic mass is 16.3. The van der Waals surface area contributed by atoms with E-state index in [1.54, 1.807) is 18.7 Å². The summed E-state index contributed by atoms with van der Waals surface area (Å²) in [5.74, 6) is 0.0548. The van der Waals surface area contributed by atoms with Crippen LogP contribution < -0.4 is 0 Å². The van der Waals surface area contributed by atoms with E-state index < -0.39 is 12.2 Å². The molecule has 4 nitrogen and oxygen atoms in total. The minimum absolute atomic E-state index is 0.0548. The molecule has 0 fully saturated rings. The van der Waals surface area contributed by atoms with Crippen molar-refractivity contribution in [2.75, 3.05) is 13.1 Å². The van der Waals surface area contributed by atoms with Crippen molar-refractivity contribution in [2.45, 2.75) is 168 Å². The van der Waals surface area contributed by atoms with Crippen LogP contribution in [0.2, 0.25) is 0 Å². The van der Waals surface area contributed by atoms with Gasteiger partial charge in [-0.1, -0.05) is 129 Å². The Bertz CT molecular complexity index is 402. The second-order valence-corrected chi connectivity index (χ2v) is 10.5. The van der Waals surface area contributed by atoms with Crippen LogP contribution in [0, 0.1) is 0 Å². The number of carbonyl (C=O) groups is 1. The van der Waals surface area contributed by atoms with Crippen LogP contribution in [0.3, 0.4) is 0 Å². The van der Waals surface area contributed by atoms with E-state index in [-0.39, 0.29) is 5.91 Å². The molecular formula is C29H59NO3. The Morgan fingerprint density at radius 2 is 0.818 bits per heavy atom. The fourth-order valence-electron chi connectivity index (χ4n) is 4.61. The Balaban J connectivity index is 3.35. The average Bonchev–Trinajstić information content (AvgIpc) is 2.76. The zero-order valence-electron chi connectivity index (χ0n) is 22.7. The third-order valence-corrected chi connectivity index (χ3v) is 6.57. The molecule has 0 heterocycles. The Morgan fingerprint density at radius 1 is 0.545 bits per heavy atom. The summed E-state index contributed by atoms with van der Waals surface area (Å²) in [7, 11) is 0. The molecule has 0 aromatic rings. The fraction of sp³-hybridized carbons (Fsp3) is 0.966. The summed E-state index contributed by atoms with van der Waals surface area (Å²) in [5.41, 5.74) is 0. The highest BCUT2D eigenvalue weighted by Gasteiger charge is 2.16. The van der Waals surface area contributed by atoms with Gasteiger partial charge in [-0.3, -0.25) is 4.79 Å². The summed E-state index contributed by atoms with van der Waals surface area (Å²) in [6, 6.07) is 0. The van der Waals surface area contributed by atoms with E-state index in [4.69, 9.17) is 0 Å². The van der Waals surface area contributed by atoms with Gasteiger partial charge < -0.3 is 15.1 Å². The van der Waals surface area contributed by atoms with Gasteiger partial charge in [0.2, 0.25) is 5.91 Å². The molecule has 0 aromatic heterocycles. The summed E-state index contributed by atoms with van der Waals surface area (Å²) in [4.78, 5) is 13.9. The maximum Gasteiger partial charge on any atom is 0.222 e. The number of nitrogens with zero attached hydrogens (tertiary/aromatic N) is 1. The largest absolute Gasteiger partial charge is 0.392 e. The molecular weight excluding hydrogens is 410 g/mol. The summed E-state index contributed by atoms with van der Waals surface area (Å²) in [6.07, 6.45) is 26.5. The zero-order chi connectivity index (χ0) is 24.6. The summed E-state index contributed by atoms with van der Waals surface area (Å²) < 4.78 is 0. The lowest BCUT2D eigenvalue weighted by Crippen LogP contribution is -2.40. The minimum atomic E-state index is -0.553. The lowest BCUT2D eigenvalue weighted by atomic mass is 10.0. The molecule has 0 aromatic carbocycles. The van der Waals surface area contributed by atoms with Crippen LogP contribution in [0.5, 0.6) is 0 Å². The molecule has 0 bridgehead atoms. The highest BCUT2D eigenvalue weighted by molar-refractivity contribution is 5.76. The second-order valence-electron chi connectivity index (χ2n) is 10.5. The highest BCUT2D eigenvalue weighted by Crippen LogP contribution is 2.15.